The van der Waals surface area contributed by atoms with E-state index in [0.29, 0.717) is 5.56 Å². The highest BCUT2D eigenvalue weighted by molar-refractivity contribution is 5.87. The number of hydrogen-bond acceptors (Lipinski definition) is 2. The van der Waals surface area contributed by atoms with Gasteiger partial charge in [-0.2, -0.15) is 0 Å². The Bertz CT molecular complexity index is 420. The van der Waals surface area contributed by atoms with Gasteiger partial charge >= 0.3 is 5.97 Å². The van der Waals surface area contributed by atoms with Crippen molar-refractivity contribution >= 4 is 5.97 Å². The number of aromatic carboxylic acids is 1. The normalized spacial score (nSPS) is 19.9. The summed E-state index contributed by atoms with van der Waals surface area (Å²) in [6.45, 7) is 0. The van der Waals surface area contributed by atoms with E-state index >= 15 is 0 Å². The molecule has 1 atom stereocenters. The summed E-state index contributed by atoms with van der Waals surface area (Å²) in [5.41, 5.74) is 0.294. The molecule has 96 valence electrons. The first-order chi connectivity index (χ1) is 8.75. The summed E-state index contributed by atoms with van der Waals surface area (Å²) in [6, 6.07) is 6.64. The average molecular weight is 246 g/mol. The monoisotopic (exact) mass is 246 g/mol. The predicted molar refractivity (Wildman–Crippen MR) is 70.0 cm³/mol. The Balaban J connectivity index is 1.95. The number of hydrogen-bond donors (Lipinski definition) is 1. The minimum Gasteiger partial charge on any atom is -0.490 e. The molecule has 0 saturated heterocycles. The standard InChI is InChI=1S/C15H18O3/c16-15(17)12-8-10-14(11-9-12)18-13-6-4-2-1-3-5-7-13/h1-2,8-11,13H,3-7H2,(H,16,17). The second-order valence-corrected chi connectivity index (χ2v) is 4.55. The average Bonchev–Trinajstić information content (AvgIpc) is 2.33. The fourth-order valence-corrected chi connectivity index (χ4v) is 2.11. The van der Waals surface area contributed by atoms with Crippen LogP contribution >= 0.6 is 0 Å². The highest BCUT2D eigenvalue weighted by Gasteiger charge is 2.11. The molecule has 1 N–H and O–H groups in total. The zero-order valence-electron chi connectivity index (χ0n) is 10.3. The molecule has 0 bridgehead atoms. The number of carboxylic acid groups (broad SMARTS) is 1. The first-order valence-corrected chi connectivity index (χ1v) is 6.41. The summed E-state index contributed by atoms with van der Waals surface area (Å²) in [5.74, 6) is -0.146. The molecule has 0 fully saturated rings. The maximum absolute atomic E-state index is 10.7. The third-order valence-corrected chi connectivity index (χ3v) is 3.12. The Morgan fingerprint density at radius 3 is 2.56 bits per heavy atom. The molecule has 3 heteroatoms. The predicted octanol–water partition coefficient (Wildman–Crippen LogP) is 3.65. The summed E-state index contributed by atoms with van der Waals surface area (Å²) < 4.78 is 5.90. The summed E-state index contributed by atoms with van der Waals surface area (Å²) >= 11 is 0. The Kier molecular flexibility index (Phi) is 4.40. The third-order valence-electron chi connectivity index (χ3n) is 3.12. The number of carbonyl (C=O) groups is 1. The quantitative estimate of drug-likeness (QED) is 0.828. The Hall–Kier alpha value is -1.77. The lowest BCUT2D eigenvalue weighted by molar-refractivity contribution is 0.0697. The minimum absolute atomic E-state index is 0.241. The van der Waals surface area contributed by atoms with Crippen molar-refractivity contribution in [1.29, 1.82) is 0 Å². The molecule has 1 unspecified atom stereocenters. The summed E-state index contributed by atoms with van der Waals surface area (Å²) in [5, 5.41) is 8.82. The van der Waals surface area contributed by atoms with E-state index in [1.165, 1.54) is 0 Å². The first-order valence-electron chi connectivity index (χ1n) is 6.41. The molecule has 0 aromatic heterocycles. The fraction of sp³-hybridized carbons (Fsp3) is 0.400. The van der Waals surface area contributed by atoms with Crippen LogP contribution in [0.4, 0.5) is 0 Å². The van der Waals surface area contributed by atoms with Gasteiger partial charge in [0.25, 0.3) is 0 Å². The van der Waals surface area contributed by atoms with E-state index in [0.717, 1.165) is 37.9 Å². The van der Waals surface area contributed by atoms with Crippen molar-refractivity contribution in [3.63, 3.8) is 0 Å². The van der Waals surface area contributed by atoms with Gasteiger partial charge < -0.3 is 9.84 Å². The van der Waals surface area contributed by atoms with Gasteiger partial charge in [-0.1, -0.05) is 12.2 Å². The molecule has 1 aromatic carbocycles. The van der Waals surface area contributed by atoms with Gasteiger partial charge in [0.15, 0.2) is 0 Å². The van der Waals surface area contributed by atoms with Crippen LogP contribution in [0, 0.1) is 0 Å². The van der Waals surface area contributed by atoms with Crippen LogP contribution in [0.25, 0.3) is 0 Å². The second kappa shape index (κ2) is 6.24. The second-order valence-electron chi connectivity index (χ2n) is 4.55. The number of carboxylic acids is 1. The molecule has 3 nitrogen and oxygen atoms in total. The Labute approximate surface area is 107 Å². The number of ether oxygens (including phenoxy) is 1. The van der Waals surface area contributed by atoms with E-state index in [9.17, 15) is 4.79 Å². The van der Waals surface area contributed by atoms with Crippen molar-refractivity contribution in [2.75, 3.05) is 0 Å². The fourth-order valence-electron chi connectivity index (χ4n) is 2.11. The Morgan fingerprint density at radius 1 is 1.11 bits per heavy atom. The summed E-state index contributed by atoms with van der Waals surface area (Å²) in [7, 11) is 0. The van der Waals surface area contributed by atoms with Crippen molar-refractivity contribution in [3.8, 4) is 5.75 Å². The van der Waals surface area contributed by atoms with Gasteiger partial charge in [-0.3, -0.25) is 0 Å². The van der Waals surface area contributed by atoms with E-state index < -0.39 is 5.97 Å². The summed E-state index contributed by atoms with van der Waals surface area (Å²) in [4.78, 5) is 10.7. The first kappa shape index (κ1) is 12.7. The molecule has 1 aromatic rings. The van der Waals surface area contributed by atoms with Crippen molar-refractivity contribution in [2.45, 2.75) is 38.2 Å². The number of rotatable bonds is 3. The van der Waals surface area contributed by atoms with Gasteiger partial charge in [0.2, 0.25) is 0 Å². The highest BCUT2D eigenvalue weighted by atomic mass is 16.5. The maximum atomic E-state index is 10.7. The van der Waals surface area contributed by atoms with Gasteiger partial charge in [0.05, 0.1) is 11.7 Å². The molecule has 0 radical (unpaired) electrons. The molecule has 0 saturated carbocycles. The van der Waals surface area contributed by atoms with E-state index in [-0.39, 0.29) is 6.10 Å². The van der Waals surface area contributed by atoms with Crippen LogP contribution in [0.15, 0.2) is 36.4 Å². The van der Waals surface area contributed by atoms with Gasteiger partial charge in [0.1, 0.15) is 5.75 Å². The zero-order valence-corrected chi connectivity index (χ0v) is 10.3. The molecule has 1 aliphatic carbocycles. The van der Waals surface area contributed by atoms with Crippen molar-refractivity contribution in [1.82, 2.24) is 0 Å². The lowest BCUT2D eigenvalue weighted by Crippen LogP contribution is -2.17. The van der Waals surface area contributed by atoms with Crippen molar-refractivity contribution in [2.24, 2.45) is 0 Å². The van der Waals surface area contributed by atoms with Crippen LogP contribution in [-0.4, -0.2) is 17.2 Å². The van der Waals surface area contributed by atoms with Crippen molar-refractivity contribution in [3.05, 3.63) is 42.0 Å². The van der Waals surface area contributed by atoms with E-state index in [1.54, 1.807) is 24.3 Å². The topological polar surface area (TPSA) is 46.5 Å². The van der Waals surface area contributed by atoms with E-state index in [4.69, 9.17) is 9.84 Å². The van der Waals surface area contributed by atoms with Crippen molar-refractivity contribution < 1.29 is 14.6 Å². The van der Waals surface area contributed by atoms with Crippen LogP contribution in [0.1, 0.15) is 42.5 Å². The SMILES string of the molecule is O=C(O)c1ccc(OC2CCC=CCCC2)cc1. The lowest BCUT2D eigenvalue weighted by Gasteiger charge is -2.19. The molecule has 0 amide bonds. The number of allylic oxidation sites excluding steroid dienone is 2. The van der Waals surface area contributed by atoms with Crippen LogP contribution < -0.4 is 4.74 Å². The molecular formula is C15H18O3. The van der Waals surface area contributed by atoms with Gasteiger partial charge in [-0.05, 0) is 56.4 Å². The van der Waals surface area contributed by atoms with E-state index in [1.807, 2.05) is 0 Å². The van der Waals surface area contributed by atoms with Crippen LogP contribution in [0.3, 0.4) is 0 Å². The van der Waals surface area contributed by atoms with E-state index in [2.05, 4.69) is 12.2 Å². The summed E-state index contributed by atoms with van der Waals surface area (Å²) in [6.07, 6.45) is 10.1. The minimum atomic E-state index is -0.905. The highest BCUT2D eigenvalue weighted by Crippen LogP contribution is 2.20. The van der Waals surface area contributed by atoms with Crippen LogP contribution in [0.2, 0.25) is 0 Å². The third kappa shape index (κ3) is 3.62. The van der Waals surface area contributed by atoms with Gasteiger partial charge in [-0.15, -0.1) is 0 Å². The Morgan fingerprint density at radius 2 is 1.83 bits per heavy atom. The molecule has 18 heavy (non-hydrogen) atoms. The molecule has 2 rings (SSSR count). The molecule has 1 aliphatic rings. The molecule has 0 aliphatic heterocycles. The molecule has 0 heterocycles. The van der Waals surface area contributed by atoms with Gasteiger partial charge in [-0.25, -0.2) is 4.79 Å². The lowest BCUT2D eigenvalue weighted by atomic mass is 10.0. The van der Waals surface area contributed by atoms with Crippen LogP contribution in [0.5, 0.6) is 5.75 Å². The molecule has 0 spiro atoms. The van der Waals surface area contributed by atoms with Crippen LogP contribution in [-0.2, 0) is 0 Å². The smallest absolute Gasteiger partial charge is 0.335 e. The largest absolute Gasteiger partial charge is 0.490 e. The number of benzene rings is 1. The maximum Gasteiger partial charge on any atom is 0.335 e. The van der Waals surface area contributed by atoms with Gasteiger partial charge in [0, 0.05) is 0 Å². The molecular weight excluding hydrogens is 228 g/mol. The zero-order chi connectivity index (χ0) is 12.8.